The number of hydrogen-bond donors (Lipinski definition) is 2. The van der Waals surface area contributed by atoms with Crippen LogP contribution in [0.3, 0.4) is 0 Å². The van der Waals surface area contributed by atoms with Crippen molar-refractivity contribution in [3.63, 3.8) is 0 Å². The van der Waals surface area contributed by atoms with E-state index in [1.807, 2.05) is 13.0 Å². The zero-order chi connectivity index (χ0) is 20.2. The predicted molar refractivity (Wildman–Crippen MR) is 107 cm³/mol. The van der Waals surface area contributed by atoms with Crippen molar-refractivity contribution >= 4 is 17.5 Å². The van der Waals surface area contributed by atoms with Crippen molar-refractivity contribution in [2.75, 3.05) is 34.3 Å². The topological polar surface area (TPSA) is 97.7 Å². The summed E-state index contributed by atoms with van der Waals surface area (Å²) in [6.07, 6.45) is 6.02. The molecule has 0 radical (unpaired) electrons. The number of carbonyl (C=O) groups excluding carboxylic acids is 1. The molecule has 1 aromatic heterocycles. The SMILES string of the molecule is COC1(c2ncc(Cl)cc2C)CCCN(C(=O)C(=C/N)/C=C(\N)N(C)C)C1. The maximum atomic E-state index is 13.0. The van der Waals surface area contributed by atoms with Crippen LogP contribution in [0.25, 0.3) is 0 Å². The van der Waals surface area contributed by atoms with Gasteiger partial charge in [0.25, 0.3) is 5.91 Å². The monoisotopic (exact) mass is 393 g/mol. The molecule has 0 bridgehead atoms. The van der Waals surface area contributed by atoms with Gasteiger partial charge in [0.15, 0.2) is 0 Å². The number of hydrogen-bond acceptors (Lipinski definition) is 6. The van der Waals surface area contributed by atoms with E-state index < -0.39 is 5.60 Å². The lowest BCUT2D eigenvalue weighted by molar-refractivity contribution is -0.137. The highest BCUT2D eigenvalue weighted by Gasteiger charge is 2.41. The highest BCUT2D eigenvalue weighted by atomic mass is 35.5. The van der Waals surface area contributed by atoms with Crippen molar-refractivity contribution in [1.29, 1.82) is 0 Å². The second kappa shape index (κ2) is 8.63. The average molecular weight is 394 g/mol. The summed E-state index contributed by atoms with van der Waals surface area (Å²) >= 11 is 6.05. The minimum Gasteiger partial charge on any atom is -0.404 e. The van der Waals surface area contributed by atoms with Crippen LogP contribution in [0.15, 0.2) is 35.9 Å². The standard InChI is InChI=1S/C19H28ClN5O2/c1-13-8-15(20)11-23-17(13)19(27-4)6-5-7-25(12-19)18(26)14(10-21)9-16(22)24(2)3/h8-11H,5-7,12,21-22H2,1-4H3/b14-10+,16-9+. The van der Waals surface area contributed by atoms with Gasteiger partial charge in [-0.25, -0.2) is 0 Å². The number of aryl methyl sites for hydroxylation is 1. The Morgan fingerprint density at radius 1 is 1.48 bits per heavy atom. The summed E-state index contributed by atoms with van der Waals surface area (Å²) in [7, 11) is 5.25. The molecule has 1 amide bonds. The van der Waals surface area contributed by atoms with Crippen LogP contribution in [0.5, 0.6) is 0 Å². The average Bonchev–Trinajstić information content (AvgIpc) is 2.65. The summed E-state index contributed by atoms with van der Waals surface area (Å²) in [6, 6.07) is 1.86. The summed E-state index contributed by atoms with van der Waals surface area (Å²) in [5, 5.41) is 0.573. The van der Waals surface area contributed by atoms with Gasteiger partial charge in [-0.3, -0.25) is 9.78 Å². The van der Waals surface area contributed by atoms with Gasteiger partial charge in [0.2, 0.25) is 0 Å². The molecule has 0 spiro atoms. The zero-order valence-corrected chi connectivity index (χ0v) is 17.1. The second-order valence-corrected chi connectivity index (χ2v) is 7.37. The Bertz CT molecular complexity index is 762. The Morgan fingerprint density at radius 2 is 2.19 bits per heavy atom. The van der Waals surface area contributed by atoms with E-state index >= 15 is 0 Å². The lowest BCUT2D eigenvalue weighted by atomic mass is 9.86. The lowest BCUT2D eigenvalue weighted by Gasteiger charge is -2.42. The van der Waals surface area contributed by atoms with Crippen LogP contribution in [0.4, 0.5) is 0 Å². The molecule has 7 nitrogen and oxygen atoms in total. The van der Waals surface area contributed by atoms with E-state index in [4.69, 9.17) is 27.8 Å². The quantitative estimate of drug-likeness (QED) is 0.583. The molecule has 2 rings (SSSR count). The molecule has 0 aliphatic carbocycles. The number of ether oxygens (including phenoxy) is 1. The summed E-state index contributed by atoms with van der Waals surface area (Å²) in [5.74, 6) is 0.264. The van der Waals surface area contributed by atoms with E-state index in [0.29, 0.717) is 29.5 Å². The van der Waals surface area contributed by atoms with Crippen molar-refractivity contribution < 1.29 is 9.53 Å². The maximum absolute atomic E-state index is 13.0. The normalized spacial score (nSPS) is 21.3. The number of aromatic nitrogens is 1. The van der Waals surface area contributed by atoms with E-state index in [1.54, 1.807) is 43.3 Å². The van der Waals surface area contributed by atoms with E-state index in [1.165, 1.54) is 6.20 Å². The number of rotatable bonds is 5. The maximum Gasteiger partial charge on any atom is 0.255 e. The number of pyridine rings is 1. The molecule has 4 N–H and O–H groups in total. The molecule has 27 heavy (non-hydrogen) atoms. The Labute approximate surface area is 165 Å². The van der Waals surface area contributed by atoms with E-state index in [2.05, 4.69) is 4.98 Å². The van der Waals surface area contributed by atoms with Crippen LogP contribution in [0.1, 0.15) is 24.1 Å². The van der Waals surface area contributed by atoms with Crippen LogP contribution in [-0.4, -0.2) is 55.0 Å². The number of nitrogens with two attached hydrogens (primary N) is 2. The number of piperidine rings is 1. The molecule has 0 saturated carbocycles. The third-order valence-corrected chi connectivity index (χ3v) is 5.06. The molecule has 1 aliphatic rings. The molecule has 1 saturated heterocycles. The van der Waals surface area contributed by atoms with Crippen molar-refractivity contribution in [3.05, 3.63) is 52.2 Å². The molecule has 1 aromatic rings. The fraction of sp³-hybridized carbons (Fsp3) is 0.474. The Morgan fingerprint density at radius 3 is 2.74 bits per heavy atom. The molecule has 8 heteroatoms. The summed E-state index contributed by atoms with van der Waals surface area (Å²) in [4.78, 5) is 21.0. The van der Waals surface area contributed by atoms with Crippen molar-refractivity contribution in [2.24, 2.45) is 11.5 Å². The van der Waals surface area contributed by atoms with Crippen LogP contribution in [0.2, 0.25) is 5.02 Å². The second-order valence-electron chi connectivity index (χ2n) is 6.93. The third-order valence-electron chi connectivity index (χ3n) is 4.86. The molecular formula is C19H28ClN5O2. The predicted octanol–water partition coefficient (Wildman–Crippen LogP) is 1.71. The number of carbonyl (C=O) groups is 1. The fourth-order valence-electron chi connectivity index (χ4n) is 3.32. The van der Waals surface area contributed by atoms with Crippen LogP contribution in [-0.2, 0) is 15.1 Å². The summed E-state index contributed by atoms with van der Waals surface area (Å²) < 4.78 is 5.90. The summed E-state index contributed by atoms with van der Waals surface area (Å²) in [6.45, 7) is 2.94. The van der Waals surface area contributed by atoms with Crippen LogP contribution in [0, 0.1) is 6.92 Å². The molecule has 1 aliphatic heterocycles. The Balaban J connectivity index is 2.32. The van der Waals surface area contributed by atoms with Crippen molar-refractivity contribution in [1.82, 2.24) is 14.8 Å². The Kier molecular flexibility index (Phi) is 6.73. The fourth-order valence-corrected chi connectivity index (χ4v) is 3.53. The molecule has 0 aromatic carbocycles. The Hall–Kier alpha value is -2.25. The van der Waals surface area contributed by atoms with Gasteiger partial charge in [-0.15, -0.1) is 0 Å². The molecule has 1 unspecified atom stereocenters. The first-order valence-electron chi connectivity index (χ1n) is 8.77. The first-order valence-corrected chi connectivity index (χ1v) is 9.15. The zero-order valence-electron chi connectivity index (χ0n) is 16.3. The van der Waals surface area contributed by atoms with Crippen LogP contribution >= 0.6 is 11.6 Å². The van der Waals surface area contributed by atoms with Crippen LogP contribution < -0.4 is 11.5 Å². The molecular weight excluding hydrogens is 366 g/mol. The number of likely N-dealkylation sites (tertiary alicyclic amines) is 1. The van der Waals surface area contributed by atoms with Gasteiger partial charge in [-0.2, -0.15) is 0 Å². The molecule has 1 fully saturated rings. The minimum absolute atomic E-state index is 0.185. The van der Waals surface area contributed by atoms with Gasteiger partial charge in [-0.1, -0.05) is 11.6 Å². The van der Waals surface area contributed by atoms with Gasteiger partial charge in [0, 0.05) is 40.1 Å². The smallest absolute Gasteiger partial charge is 0.255 e. The van der Waals surface area contributed by atoms with E-state index in [0.717, 1.165) is 24.1 Å². The van der Waals surface area contributed by atoms with E-state index in [-0.39, 0.29) is 5.91 Å². The third kappa shape index (κ3) is 4.54. The summed E-state index contributed by atoms with van der Waals surface area (Å²) in [5.41, 5.74) is 13.0. The molecule has 2 heterocycles. The van der Waals surface area contributed by atoms with Gasteiger partial charge >= 0.3 is 0 Å². The lowest BCUT2D eigenvalue weighted by Crippen LogP contribution is -2.50. The first kappa shape index (κ1) is 21.1. The minimum atomic E-state index is -0.681. The molecule has 148 valence electrons. The van der Waals surface area contributed by atoms with Gasteiger partial charge < -0.3 is 26.0 Å². The van der Waals surface area contributed by atoms with Crippen molar-refractivity contribution in [2.45, 2.75) is 25.4 Å². The van der Waals surface area contributed by atoms with Gasteiger partial charge in [0.05, 0.1) is 28.7 Å². The highest BCUT2D eigenvalue weighted by Crippen LogP contribution is 2.36. The number of halogens is 1. The van der Waals surface area contributed by atoms with Gasteiger partial charge in [0.1, 0.15) is 5.60 Å². The first-order chi connectivity index (χ1) is 12.7. The highest BCUT2D eigenvalue weighted by molar-refractivity contribution is 6.30. The largest absolute Gasteiger partial charge is 0.404 e. The number of nitrogens with zero attached hydrogens (tertiary/aromatic N) is 3. The molecule has 1 atom stereocenters. The van der Waals surface area contributed by atoms with E-state index in [9.17, 15) is 4.79 Å². The van der Waals surface area contributed by atoms with Gasteiger partial charge in [-0.05, 0) is 37.5 Å². The number of amides is 1. The number of methoxy groups -OCH3 is 1. The van der Waals surface area contributed by atoms with Crippen molar-refractivity contribution in [3.8, 4) is 0 Å².